The Morgan fingerprint density at radius 1 is 1.19 bits per heavy atom. The number of carbonyl (C=O) groups is 1. The normalized spacial score (nSPS) is 10.3. The van der Waals surface area contributed by atoms with Crippen molar-refractivity contribution in [2.45, 2.75) is 20.3 Å². The highest BCUT2D eigenvalue weighted by Crippen LogP contribution is 2.32. The zero-order chi connectivity index (χ0) is 18.5. The van der Waals surface area contributed by atoms with Gasteiger partial charge in [-0.1, -0.05) is 37.3 Å². The number of ether oxygens (including phenoxy) is 1. The van der Waals surface area contributed by atoms with Gasteiger partial charge in [-0.15, -0.1) is 0 Å². The molecule has 26 heavy (non-hydrogen) atoms. The minimum atomic E-state index is -0.444. The van der Waals surface area contributed by atoms with Gasteiger partial charge in [-0.05, 0) is 31.0 Å². The van der Waals surface area contributed by atoms with Crippen LogP contribution in [0.25, 0.3) is 10.9 Å². The summed E-state index contributed by atoms with van der Waals surface area (Å²) in [4.78, 5) is 16.8. The summed E-state index contributed by atoms with van der Waals surface area (Å²) in [6, 6.07) is 15.4. The van der Waals surface area contributed by atoms with Gasteiger partial charge in [-0.3, -0.25) is 4.98 Å². The Balaban J connectivity index is 2.23. The highest BCUT2D eigenvalue weighted by Gasteiger charge is 2.18. The summed E-state index contributed by atoms with van der Waals surface area (Å²) >= 11 is 0. The van der Waals surface area contributed by atoms with Crippen LogP contribution in [-0.4, -0.2) is 17.6 Å². The average Bonchev–Trinajstić information content (AvgIpc) is 2.68. The van der Waals surface area contributed by atoms with Crippen molar-refractivity contribution in [1.29, 1.82) is 5.26 Å². The molecule has 0 aliphatic heterocycles. The molecule has 0 bridgehead atoms. The third-order valence-corrected chi connectivity index (χ3v) is 4.17. The van der Waals surface area contributed by atoms with E-state index >= 15 is 0 Å². The van der Waals surface area contributed by atoms with Crippen LogP contribution in [0.3, 0.4) is 0 Å². The molecule has 2 aromatic carbocycles. The van der Waals surface area contributed by atoms with Crippen LogP contribution in [0.1, 0.15) is 35.3 Å². The number of rotatable bonds is 5. The number of aryl methyl sites for hydroxylation is 1. The molecule has 130 valence electrons. The van der Waals surface area contributed by atoms with Crippen LogP contribution < -0.4 is 5.32 Å². The van der Waals surface area contributed by atoms with Crippen LogP contribution in [0.5, 0.6) is 0 Å². The predicted octanol–water partition coefficient (Wildman–Crippen LogP) is 4.59. The van der Waals surface area contributed by atoms with Gasteiger partial charge in [0, 0.05) is 17.3 Å². The SMILES string of the molecule is CCOC(=O)c1cnc2c(C#N)cccc2c1Nc1ccccc1CC. The monoisotopic (exact) mass is 345 g/mol. The maximum Gasteiger partial charge on any atom is 0.341 e. The summed E-state index contributed by atoms with van der Waals surface area (Å²) < 4.78 is 5.18. The fraction of sp³-hybridized carbons (Fsp3) is 0.190. The molecule has 1 N–H and O–H groups in total. The Kier molecular flexibility index (Phi) is 5.14. The number of nitrogens with zero attached hydrogens (tertiary/aromatic N) is 2. The van der Waals surface area contributed by atoms with Crippen molar-refractivity contribution >= 4 is 28.2 Å². The number of para-hydroxylation sites is 2. The lowest BCUT2D eigenvalue weighted by molar-refractivity contribution is 0.0527. The molecule has 0 atom stereocenters. The van der Waals surface area contributed by atoms with Crippen LogP contribution in [0.15, 0.2) is 48.7 Å². The second kappa shape index (κ2) is 7.66. The summed E-state index contributed by atoms with van der Waals surface area (Å²) in [5.41, 5.74) is 4.01. The van der Waals surface area contributed by atoms with Gasteiger partial charge < -0.3 is 10.1 Å². The highest BCUT2D eigenvalue weighted by molar-refractivity contribution is 6.07. The Hall–Kier alpha value is -3.39. The summed E-state index contributed by atoms with van der Waals surface area (Å²) in [6.07, 6.45) is 2.32. The van der Waals surface area contributed by atoms with E-state index in [9.17, 15) is 10.1 Å². The van der Waals surface area contributed by atoms with Crippen LogP contribution in [0.4, 0.5) is 11.4 Å². The molecule has 5 heteroatoms. The van der Waals surface area contributed by atoms with Gasteiger partial charge in [0.25, 0.3) is 0 Å². The van der Waals surface area contributed by atoms with Crippen molar-refractivity contribution in [1.82, 2.24) is 4.98 Å². The Morgan fingerprint density at radius 2 is 2.00 bits per heavy atom. The lowest BCUT2D eigenvalue weighted by atomic mass is 10.0. The molecule has 0 fully saturated rings. The van der Waals surface area contributed by atoms with Gasteiger partial charge in [-0.2, -0.15) is 5.26 Å². The number of nitrogens with one attached hydrogen (secondary N) is 1. The van der Waals surface area contributed by atoms with Gasteiger partial charge in [0.15, 0.2) is 0 Å². The minimum Gasteiger partial charge on any atom is -0.462 e. The Labute approximate surface area is 152 Å². The number of carbonyl (C=O) groups excluding carboxylic acids is 1. The molecular formula is C21H19N3O2. The number of pyridine rings is 1. The molecule has 0 radical (unpaired) electrons. The molecule has 0 unspecified atom stereocenters. The van der Waals surface area contributed by atoms with Crippen molar-refractivity contribution in [2.75, 3.05) is 11.9 Å². The predicted molar refractivity (Wildman–Crippen MR) is 102 cm³/mol. The van der Waals surface area contributed by atoms with Crippen molar-refractivity contribution in [3.05, 3.63) is 65.4 Å². The number of fused-ring (bicyclic) bond motifs is 1. The summed E-state index contributed by atoms with van der Waals surface area (Å²) in [6.45, 7) is 4.12. The molecule has 0 saturated heterocycles. The van der Waals surface area contributed by atoms with Crippen molar-refractivity contribution in [3.63, 3.8) is 0 Å². The molecule has 3 rings (SSSR count). The summed E-state index contributed by atoms with van der Waals surface area (Å²) in [5, 5.41) is 13.4. The van der Waals surface area contributed by atoms with Crippen LogP contribution in [-0.2, 0) is 11.2 Å². The van der Waals surface area contributed by atoms with E-state index in [0.717, 1.165) is 17.7 Å². The van der Waals surface area contributed by atoms with Gasteiger partial charge in [0.05, 0.1) is 23.4 Å². The molecule has 0 aliphatic rings. The number of benzene rings is 2. The van der Waals surface area contributed by atoms with Crippen molar-refractivity contribution < 1.29 is 9.53 Å². The molecule has 0 spiro atoms. The number of hydrogen-bond acceptors (Lipinski definition) is 5. The fourth-order valence-electron chi connectivity index (χ4n) is 2.90. The third kappa shape index (κ3) is 3.22. The van der Waals surface area contributed by atoms with E-state index in [1.165, 1.54) is 6.20 Å². The Bertz CT molecular complexity index is 1010. The number of esters is 1. The molecule has 0 amide bonds. The van der Waals surface area contributed by atoms with Crippen LogP contribution in [0.2, 0.25) is 0 Å². The first-order valence-electron chi connectivity index (χ1n) is 8.53. The standard InChI is InChI=1S/C21H19N3O2/c1-3-14-8-5-6-11-18(14)24-20-16-10-7-9-15(12-22)19(16)23-13-17(20)21(25)26-4-2/h5-11,13H,3-4H2,1-2H3,(H,23,24). The van der Waals surface area contributed by atoms with E-state index < -0.39 is 5.97 Å². The molecule has 1 heterocycles. The lowest BCUT2D eigenvalue weighted by Crippen LogP contribution is -2.10. The maximum atomic E-state index is 12.4. The van der Waals surface area contributed by atoms with Gasteiger partial charge >= 0.3 is 5.97 Å². The number of hydrogen-bond donors (Lipinski definition) is 1. The van der Waals surface area contributed by atoms with Crippen LogP contribution in [0, 0.1) is 11.3 Å². The van der Waals surface area contributed by atoms with E-state index in [1.54, 1.807) is 19.1 Å². The molecule has 0 saturated carbocycles. The van der Waals surface area contributed by atoms with Gasteiger partial charge in [0.2, 0.25) is 0 Å². The third-order valence-electron chi connectivity index (χ3n) is 4.17. The van der Waals surface area contributed by atoms with E-state index in [1.807, 2.05) is 30.3 Å². The maximum absolute atomic E-state index is 12.4. The van der Waals surface area contributed by atoms with Gasteiger partial charge in [-0.25, -0.2) is 4.79 Å². The van der Waals surface area contributed by atoms with E-state index in [-0.39, 0.29) is 6.61 Å². The second-order valence-electron chi connectivity index (χ2n) is 5.72. The molecular weight excluding hydrogens is 326 g/mol. The fourth-order valence-corrected chi connectivity index (χ4v) is 2.90. The van der Waals surface area contributed by atoms with E-state index in [0.29, 0.717) is 27.7 Å². The number of nitriles is 1. The van der Waals surface area contributed by atoms with Crippen LogP contribution >= 0.6 is 0 Å². The van der Waals surface area contributed by atoms with Crippen molar-refractivity contribution in [3.8, 4) is 6.07 Å². The van der Waals surface area contributed by atoms with Crippen molar-refractivity contribution in [2.24, 2.45) is 0 Å². The smallest absolute Gasteiger partial charge is 0.341 e. The minimum absolute atomic E-state index is 0.278. The first-order valence-corrected chi connectivity index (χ1v) is 8.53. The molecule has 5 nitrogen and oxygen atoms in total. The lowest BCUT2D eigenvalue weighted by Gasteiger charge is -2.16. The number of aromatic nitrogens is 1. The summed E-state index contributed by atoms with van der Waals surface area (Å²) in [7, 11) is 0. The molecule has 1 aromatic heterocycles. The molecule has 3 aromatic rings. The quantitative estimate of drug-likeness (QED) is 0.685. The first kappa shape index (κ1) is 17.4. The topological polar surface area (TPSA) is 75.0 Å². The summed E-state index contributed by atoms with van der Waals surface area (Å²) in [5.74, 6) is -0.444. The average molecular weight is 345 g/mol. The van der Waals surface area contributed by atoms with E-state index in [4.69, 9.17) is 4.74 Å². The Morgan fingerprint density at radius 3 is 2.73 bits per heavy atom. The van der Waals surface area contributed by atoms with Gasteiger partial charge in [0.1, 0.15) is 11.6 Å². The molecule has 0 aliphatic carbocycles. The largest absolute Gasteiger partial charge is 0.462 e. The highest BCUT2D eigenvalue weighted by atomic mass is 16.5. The van der Waals surface area contributed by atoms with E-state index in [2.05, 4.69) is 23.3 Å². The first-order chi connectivity index (χ1) is 12.7. The zero-order valence-corrected chi connectivity index (χ0v) is 14.7. The second-order valence-corrected chi connectivity index (χ2v) is 5.72. The zero-order valence-electron chi connectivity index (χ0n) is 14.7. The number of anilines is 2.